The molecule has 0 rings (SSSR count). The van der Waals surface area contributed by atoms with Crippen molar-refractivity contribution in [3.63, 3.8) is 0 Å². The number of sulfone groups is 1. The standard InChI is InChI=1S/C10H20O7S2/c1-4-18(13,14)10(3,6-7-11)8-9(12)17-19(15,16)5-2/h11H,4-8H2,1-3H3. The van der Waals surface area contributed by atoms with Crippen LogP contribution in [0.25, 0.3) is 0 Å². The summed E-state index contributed by atoms with van der Waals surface area (Å²) in [5, 5.41) is 8.92. The van der Waals surface area contributed by atoms with Crippen LogP contribution in [0.1, 0.15) is 33.6 Å². The molecule has 0 bridgehead atoms. The maximum absolute atomic E-state index is 11.9. The molecular formula is C10H20O7S2. The molecule has 7 nitrogen and oxygen atoms in total. The van der Waals surface area contributed by atoms with Crippen molar-refractivity contribution >= 4 is 25.9 Å². The van der Waals surface area contributed by atoms with Crippen LogP contribution < -0.4 is 0 Å². The van der Waals surface area contributed by atoms with Crippen LogP contribution in [0, 0.1) is 0 Å². The van der Waals surface area contributed by atoms with Gasteiger partial charge in [-0.2, -0.15) is 8.42 Å². The molecule has 1 N–H and O–H groups in total. The van der Waals surface area contributed by atoms with Crippen LogP contribution in [0.3, 0.4) is 0 Å². The largest absolute Gasteiger partial charge is 0.396 e. The van der Waals surface area contributed by atoms with Crippen molar-refractivity contribution < 1.29 is 30.9 Å². The first kappa shape index (κ1) is 18.3. The topological polar surface area (TPSA) is 115 Å². The van der Waals surface area contributed by atoms with Crippen molar-refractivity contribution in [2.24, 2.45) is 0 Å². The first-order valence-electron chi connectivity index (χ1n) is 5.81. The molecule has 0 aliphatic carbocycles. The smallest absolute Gasteiger partial charge is 0.323 e. The van der Waals surface area contributed by atoms with Crippen molar-refractivity contribution in [1.82, 2.24) is 0 Å². The lowest BCUT2D eigenvalue weighted by Crippen LogP contribution is -2.40. The fourth-order valence-corrected chi connectivity index (χ4v) is 3.37. The highest BCUT2D eigenvalue weighted by molar-refractivity contribution is 7.92. The summed E-state index contributed by atoms with van der Waals surface area (Å²) in [6.07, 6.45) is -0.770. The average Bonchev–Trinajstić information content (AvgIpc) is 2.28. The van der Waals surface area contributed by atoms with Gasteiger partial charge in [-0.25, -0.2) is 8.42 Å². The van der Waals surface area contributed by atoms with Gasteiger partial charge in [0.05, 0.1) is 16.9 Å². The Bertz CT molecular complexity index is 506. The molecule has 19 heavy (non-hydrogen) atoms. The summed E-state index contributed by atoms with van der Waals surface area (Å²) < 4.78 is 48.8. The molecule has 0 amide bonds. The molecule has 0 aliphatic rings. The summed E-state index contributed by atoms with van der Waals surface area (Å²) in [6.45, 7) is 3.59. The molecule has 0 aromatic carbocycles. The molecule has 0 fully saturated rings. The van der Waals surface area contributed by atoms with E-state index in [0.717, 1.165) is 0 Å². The minimum absolute atomic E-state index is 0.162. The second-order valence-electron chi connectivity index (χ2n) is 4.31. The van der Waals surface area contributed by atoms with E-state index in [4.69, 9.17) is 5.11 Å². The third-order valence-corrected chi connectivity index (χ3v) is 6.62. The van der Waals surface area contributed by atoms with Crippen molar-refractivity contribution in [2.45, 2.75) is 38.4 Å². The summed E-state index contributed by atoms with van der Waals surface area (Å²) >= 11 is 0. The average molecular weight is 316 g/mol. The molecule has 0 heterocycles. The van der Waals surface area contributed by atoms with Crippen molar-refractivity contribution in [1.29, 1.82) is 0 Å². The van der Waals surface area contributed by atoms with E-state index in [0.29, 0.717) is 0 Å². The molecule has 1 unspecified atom stereocenters. The highest BCUT2D eigenvalue weighted by Crippen LogP contribution is 2.27. The van der Waals surface area contributed by atoms with Crippen molar-refractivity contribution in [2.75, 3.05) is 18.1 Å². The minimum atomic E-state index is -3.97. The Kier molecular flexibility index (Phi) is 6.43. The van der Waals surface area contributed by atoms with E-state index in [-0.39, 0.29) is 17.9 Å². The predicted molar refractivity (Wildman–Crippen MR) is 69.7 cm³/mol. The number of hydrogen-bond donors (Lipinski definition) is 1. The molecule has 0 saturated carbocycles. The maximum atomic E-state index is 11.9. The zero-order valence-corrected chi connectivity index (χ0v) is 12.9. The monoisotopic (exact) mass is 316 g/mol. The van der Waals surface area contributed by atoms with Crippen molar-refractivity contribution in [3.05, 3.63) is 0 Å². The number of carbonyl (C=O) groups excluding carboxylic acids is 1. The fraction of sp³-hybridized carbons (Fsp3) is 0.900. The molecule has 9 heteroatoms. The predicted octanol–water partition coefficient (Wildman–Crippen LogP) is -0.155. The van der Waals surface area contributed by atoms with Crippen LogP contribution >= 0.6 is 0 Å². The van der Waals surface area contributed by atoms with Gasteiger partial charge < -0.3 is 9.29 Å². The molecular weight excluding hydrogens is 296 g/mol. The van der Waals surface area contributed by atoms with E-state index in [1.807, 2.05) is 0 Å². The molecule has 0 aliphatic heterocycles. The molecule has 114 valence electrons. The van der Waals surface area contributed by atoms with Gasteiger partial charge in [0.1, 0.15) is 0 Å². The Morgan fingerprint density at radius 3 is 2.05 bits per heavy atom. The van der Waals surface area contributed by atoms with E-state index in [1.54, 1.807) is 0 Å². The molecule has 0 aromatic heterocycles. The summed E-state index contributed by atoms with van der Waals surface area (Å²) in [4.78, 5) is 11.5. The highest BCUT2D eigenvalue weighted by atomic mass is 32.2. The van der Waals surface area contributed by atoms with E-state index >= 15 is 0 Å². The summed E-state index contributed by atoms with van der Waals surface area (Å²) in [6, 6.07) is 0. The quantitative estimate of drug-likeness (QED) is 0.619. The zero-order chi connectivity index (χ0) is 15.3. The van der Waals surface area contributed by atoms with E-state index in [9.17, 15) is 21.6 Å². The molecule has 0 radical (unpaired) electrons. The number of aliphatic hydroxyl groups excluding tert-OH is 1. The lowest BCUT2D eigenvalue weighted by molar-refractivity contribution is -0.134. The minimum Gasteiger partial charge on any atom is -0.396 e. The van der Waals surface area contributed by atoms with Crippen LogP contribution in [0.15, 0.2) is 0 Å². The van der Waals surface area contributed by atoms with Gasteiger partial charge >= 0.3 is 16.1 Å². The Hall–Kier alpha value is -0.670. The van der Waals surface area contributed by atoms with Gasteiger partial charge in [-0.15, -0.1) is 0 Å². The van der Waals surface area contributed by atoms with E-state index in [1.165, 1.54) is 20.8 Å². The Morgan fingerprint density at radius 2 is 1.68 bits per heavy atom. The summed E-state index contributed by atoms with van der Waals surface area (Å²) in [5.41, 5.74) is 0. The molecule has 1 atom stereocenters. The molecule has 0 saturated heterocycles. The van der Waals surface area contributed by atoms with Gasteiger partial charge in [-0.05, 0) is 20.3 Å². The molecule has 0 aromatic rings. The van der Waals surface area contributed by atoms with Gasteiger partial charge in [0.2, 0.25) is 0 Å². The number of carbonyl (C=O) groups is 1. The van der Waals surface area contributed by atoms with Gasteiger partial charge in [0, 0.05) is 12.4 Å². The Labute approximate surface area is 114 Å². The van der Waals surface area contributed by atoms with E-state index in [2.05, 4.69) is 4.18 Å². The second kappa shape index (κ2) is 6.67. The summed E-state index contributed by atoms with van der Waals surface area (Å²) in [5.74, 6) is -1.72. The van der Waals surface area contributed by atoms with Gasteiger partial charge in [0.25, 0.3) is 0 Å². The van der Waals surface area contributed by atoms with Crippen LogP contribution in [0.2, 0.25) is 0 Å². The zero-order valence-electron chi connectivity index (χ0n) is 11.2. The van der Waals surface area contributed by atoms with Gasteiger partial charge in [-0.1, -0.05) is 6.92 Å². The summed E-state index contributed by atoms with van der Waals surface area (Å²) in [7, 11) is -7.60. The lowest BCUT2D eigenvalue weighted by atomic mass is 10.0. The van der Waals surface area contributed by atoms with Gasteiger partial charge in [0.15, 0.2) is 9.84 Å². The first-order valence-corrected chi connectivity index (χ1v) is 9.04. The lowest BCUT2D eigenvalue weighted by Gasteiger charge is -2.26. The maximum Gasteiger partial charge on any atom is 0.323 e. The van der Waals surface area contributed by atoms with Crippen LogP contribution in [0.5, 0.6) is 0 Å². The molecule has 0 spiro atoms. The first-order chi connectivity index (χ1) is 8.53. The number of hydrogen-bond acceptors (Lipinski definition) is 7. The van der Waals surface area contributed by atoms with E-state index < -0.39 is 43.7 Å². The Morgan fingerprint density at radius 1 is 1.16 bits per heavy atom. The fourth-order valence-electron chi connectivity index (χ4n) is 1.47. The van der Waals surface area contributed by atoms with Crippen LogP contribution in [-0.2, 0) is 28.9 Å². The van der Waals surface area contributed by atoms with Gasteiger partial charge in [-0.3, -0.25) is 4.79 Å². The SMILES string of the molecule is CCS(=O)(=O)OC(=O)CC(C)(CCO)S(=O)(=O)CC. The van der Waals surface area contributed by atoms with Crippen LogP contribution in [0.4, 0.5) is 0 Å². The third kappa shape index (κ3) is 5.07. The number of aliphatic hydroxyl groups is 1. The second-order valence-corrected chi connectivity index (χ2v) is 8.96. The highest BCUT2D eigenvalue weighted by Gasteiger charge is 2.40. The van der Waals surface area contributed by atoms with Crippen LogP contribution in [-0.4, -0.2) is 50.8 Å². The Balaban J connectivity index is 5.12. The van der Waals surface area contributed by atoms with Crippen molar-refractivity contribution in [3.8, 4) is 0 Å². The third-order valence-electron chi connectivity index (χ3n) is 2.86. The normalized spacial score (nSPS) is 15.8. The number of rotatable bonds is 8.